The van der Waals surface area contributed by atoms with Gasteiger partial charge < -0.3 is 21.1 Å². The van der Waals surface area contributed by atoms with Gasteiger partial charge in [0.2, 0.25) is 0 Å². The van der Waals surface area contributed by atoms with Crippen molar-refractivity contribution in [1.82, 2.24) is 15.0 Å². The van der Waals surface area contributed by atoms with Crippen molar-refractivity contribution in [3.63, 3.8) is 0 Å². The molecule has 0 fully saturated rings. The molecule has 9 nitrogen and oxygen atoms in total. The molecule has 180 valence electrons. The summed E-state index contributed by atoms with van der Waals surface area (Å²) in [6.45, 7) is 6.05. The first kappa shape index (κ1) is 25.4. The number of carboxylic acids is 1. The minimum Gasteiger partial charge on any atom is -0.481 e. The number of carbonyl (C=O) groups excluding carboxylic acids is 1. The second kappa shape index (κ2) is 11.8. The Morgan fingerprint density at radius 1 is 1.18 bits per heavy atom. The number of para-hydroxylation sites is 1. The Hall–Kier alpha value is -3.24. The van der Waals surface area contributed by atoms with E-state index in [0.717, 1.165) is 18.4 Å². The lowest BCUT2D eigenvalue weighted by molar-refractivity contribution is -0.141. The number of hydrogen-bond acceptors (Lipinski definition) is 8. The average molecular weight is 503 g/mol. The van der Waals surface area contributed by atoms with Crippen molar-refractivity contribution < 1.29 is 14.7 Å². The van der Waals surface area contributed by atoms with Crippen molar-refractivity contribution >= 4 is 57.3 Å². The number of aromatic nitrogens is 3. The van der Waals surface area contributed by atoms with Crippen LogP contribution in [-0.2, 0) is 4.79 Å². The summed E-state index contributed by atoms with van der Waals surface area (Å²) in [7, 11) is 0. The highest BCUT2D eigenvalue weighted by Crippen LogP contribution is 2.28. The molecule has 4 N–H and O–H groups in total. The number of amides is 1. The predicted molar refractivity (Wildman–Crippen MR) is 135 cm³/mol. The monoisotopic (exact) mass is 502 g/mol. The lowest BCUT2D eigenvalue weighted by Gasteiger charge is -2.10. The van der Waals surface area contributed by atoms with Crippen molar-refractivity contribution in [3.05, 3.63) is 51.7 Å². The zero-order valence-electron chi connectivity index (χ0n) is 19.2. The van der Waals surface area contributed by atoms with Crippen LogP contribution in [0.3, 0.4) is 0 Å². The number of halogens is 1. The lowest BCUT2D eigenvalue weighted by atomic mass is 10.0. The van der Waals surface area contributed by atoms with Crippen LogP contribution in [0.5, 0.6) is 0 Å². The van der Waals surface area contributed by atoms with Crippen molar-refractivity contribution in [1.29, 1.82) is 0 Å². The Morgan fingerprint density at radius 3 is 2.68 bits per heavy atom. The molecule has 2 heterocycles. The number of carbonyl (C=O) groups is 2. The first-order valence-corrected chi connectivity index (χ1v) is 12.0. The highest BCUT2D eigenvalue weighted by Gasteiger charge is 2.15. The summed E-state index contributed by atoms with van der Waals surface area (Å²) < 4.78 is 0. The Bertz CT molecular complexity index is 1150. The number of carboxylic acid groups (broad SMARTS) is 1. The fourth-order valence-electron chi connectivity index (χ4n) is 3.15. The fourth-order valence-corrected chi connectivity index (χ4v) is 4.14. The molecule has 1 unspecified atom stereocenters. The zero-order valence-corrected chi connectivity index (χ0v) is 20.8. The van der Waals surface area contributed by atoms with Crippen LogP contribution in [0.2, 0.25) is 5.02 Å². The largest absolute Gasteiger partial charge is 0.481 e. The van der Waals surface area contributed by atoms with Gasteiger partial charge in [-0.05, 0) is 38.3 Å². The maximum atomic E-state index is 12.6. The van der Waals surface area contributed by atoms with Gasteiger partial charge in [0, 0.05) is 12.6 Å². The van der Waals surface area contributed by atoms with Gasteiger partial charge in [0.15, 0.2) is 5.13 Å². The van der Waals surface area contributed by atoms with Crippen LogP contribution >= 0.6 is 22.9 Å². The Labute approximate surface area is 207 Å². The van der Waals surface area contributed by atoms with Gasteiger partial charge in [-0.1, -0.05) is 48.4 Å². The van der Waals surface area contributed by atoms with E-state index in [1.807, 2.05) is 19.1 Å². The second-order valence-corrected chi connectivity index (χ2v) is 9.33. The highest BCUT2D eigenvalue weighted by atomic mass is 35.5. The third kappa shape index (κ3) is 7.13. The zero-order chi connectivity index (χ0) is 24.7. The SMILES string of the molecule is Cc1nc(NCCCCC(C)C(=O)O)cc(Nc2ncc(C(=O)Nc3c(C)cccc3Cl)s2)n1. The van der Waals surface area contributed by atoms with E-state index in [4.69, 9.17) is 16.7 Å². The third-order valence-electron chi connectivity index (χ3n) is 5.05. The van der Waals surface area contributed by atoms with Crippen LogP contribution in [0.4, 0.5) is 22.5 Å². The molecular weight excluding hydrogens is 476 g/mol. The van der Waals surface area contributed by atoms with Crippen molar-refractivity contribution in [2.45, 2.75) is 40.0 Å². The van der Waals surface area contributed by atoms with Gasteiger partial charge in [-0.25, -0.2) is 15.0 Å². The number of nitrogens with zero attached hydrogens (tertiary/aromatic N) is 3. The summed E-state index contributed by atoms with van der Waals surface area (Å²) >= 11 is 7.40. The van der Waals surface area contributed by atoms with E-state index in [1.165, 1.54) is 17.5 Å². The summed E-state index contributed by atoms with van der Waals surface area (Å²) in [6.07, 6.45) is 3.79. The number of hydrogen-bond donors (Lipinski definition) is 4. The minimum absolute atomic E-state index is 0.291. The number of rotatable bonds is 11. The number of aryl methyl sites for hydroxylation is 2. The maximum absolute atomic E-state index is 12.6. The van der Waals surface area contributed by atoms with Gasteiger partial charge in [0.1, 0.15) is 22.3 Å². The van der Waals surface area contributed by atoms with Crippen LogP contribution in [0.15, 0.2) is 30.5 Å². The number of nitrogens with one attached hydrogen (secondary N) is 3. The first-order valence-electron chi connectivity index (χ1n) is 10.8. The Morgan fingerprint density at radius 2 is 1.94 bits per heavy atom. The van der Waals surface area contributed by atoms with E-state index in [9.17, 15) is 9.59 Å². The van der Waals surface area contributed by atoms with Gasteiger partial charge in [-0.3, -0.25) is 9.59 Å². The molecule has 0 saturated heterocycles. The van der Waals surface area contributed by atoms with E-state index in [-0.39, 0.29) is 11.8 Å². The van der Waals surface area contributed by atoms with E-state index < -0.39 is 5.97 Å². The summed E-state index contributed by atoms with van der Waals surface area (Å²) in [5.74, 6) is 0.395. The first-order chi connectivity index (χ1) is 16.2. The Balaban J connectivity index is 1.57. The number of unbranched alkanes of at least 4 members (excludes halogenated alkanes) is 1. The van der Waals surface area contributed by atoms with Crippen LogP contribution in [0, 0.1) is 19.8 Å². The van der Waals surface area contributed by atoms with E-state index in [0.29, 0.717) is 51.1 Å². The molecule has 2 aromatic heterocycles. The van der Waals surface area contributed by atoms with Gasteiger partial charge in [0.25, 0.3) is 5.91 Å². The molecule has 3 aromatic rings. The fraction of sp³-hybridized carbons (Fsp3) is 0.348. The molecule has 0 aliphatic carbocycles. The normalized spacial score (nSPS) is 11.6. The van der Waals surface area contributed by atoms with Gasteiger partial charge in [0.05, 0.1) is 22.8 Å². The molecule has 0 aliphatic heterocycles. The van der Waals surface area contributed by atoms with Crippen LogP contribution in [0.1, 0.15) is 47.2 Å². The molecule has 1 amide bonds. The van der Waals surface area contributed by atoms with Gasteiger partial charge in [-0.2, -0.15) is 0 Å². The predicted octanol–water partition coefficient (Wildman–Crippen LogP) is 5.50. The average Bonchev–Trinajstić information content (AvgIpc) is 3.24. The number of aliphatic carboxylic acids is 1. The number of anilines is 4. The molecular formula is C23H27ClN6O3S. The summed E-state index contributed by atoms with van der Waals surface area (Å²) in [5.41, 5.74) is 1.45. The summed E-state index contributed by atoms with van der Waals surface area (Å²) in [6, 6.07) is 7.19. The smallest absolute Gasteiger partial charge is 0.306 e. The molecule has 3 rings (SSSR count). The Kier molecular flexibility index (Phi) is 8.78. The van der Waals surface area contributed by atoms with Crippen LogP contribution < -0.4 is 16.0 Å². The minimum atomic E-state index is -0.767. The third-order valence-corrected chi connectivity index (χ3v) is 6.28. The molecule has 0 saturated carbocycles. The lowest BCUT2D eigenvalue weighted by Crippen LogP contribution is -2.11. The maximum Gasteiger partial charge on any atom is 0.306 e. The molecule has 0 spiro atoms. The summed E-state index contributed by atoms with van der Waals surface area (Å²) in [5, 5.41) is 19.1. The van der Waals surface area contributed by atoms with E-state index in [2.05, 4.69) is 30.9 Å². The van der Waals surface area contributed by atoms with Crippen molar-refractivity contribution in [3.8, 4) is 0 Å². The molecule has 0 aliphatic rings. The van der Waals surface area contributed by atoms with Gasteiger partial charge >= 0.3 is 5.97 Å². The number of benzene rings is 1. The van der Waals surface area contributed by atoms with Crippen LogP contribution in [-0.4, -0.2) is 38.5 Å². The van der Waals surface area contributed by atoms with Crippen molar-refractivity contribution in [2.75, 3.05) is 22.5 Å². The van der Waals surface area contributed by atoms with E-state index in [1.54, 1.807) is 26.0 Å². The molecule has 34 heavy (non-hydrogen) atoms. The van der Waals surface area contributed by atoms with Gasteiger partial charge in [-0.15, -0.1) is 0 Å². The standard InChI is InChI=1S/C23H27ClN6O3S/c1-13-8-6-9-16(24)20(13)30-21(31)17-12-26-23(34-17)29-19-11-18(27-15(3)28-19)25-10-5-4-7-14(2)22(32)33/h6,8-9,11-12,14H,4-5,7,10H2,1-3H3,(H,30,31)(H,32,33)(H2,25,26,27,28,29). The highest BCUT2D eigenvalue weighted by molar-refractivity contribution is 7.17. The topological polar surface area (TPSA) is 129 Å². The number of thiazole rings is 1. The summed E-state index contributed by atoms with van der Waals surface area (Å²) in [4.78, 5) is 37.0. The molecule has 11 heteroatoms. The van der Waals surface area contributed by atoms with Crippen molar-refractivity contribution in [2.24, 2.45) is 5.92 Å². The van der Waals surface area contributed by atoms with E-state index >= 15 is 0 Å². The molecule has 1 atom stereocenters. The quantitative estimate of drug-likeness (QED) is 0.253. The molecule has 0 bridgehead atoms. The molecule has 0 radical (unpaired) electrons. The van der Waals surface area contributed by atoms with Crippen LogP contribution in [0.25, 0.3) is 0 Å². The second-order valence-electron chi connectivity index (χ2n) is 7.89. The molecule has 1 aromatic carbocycles.